The number of aldehydes is 1. The van der Waals surface area contributed by atoms with Gasteiger partial charge in [-0.25, -0.2) is 0 Å². The molecule has 1 aromatic rings. The fourth-order valence-electron chi connectivity index (χ4n) is 1.01. The second-order valence-corrected chi connectivity index (χ2v) is 4.07. The molecule has 0 bridgehead atoms. The molecule has 0 aliphatic heterocycles. The van der Waals surface area contributed by atoms with Crippen LogP contribution >= 0.6 is 11.3 Å². The zero-order valence-corrected chi connectivity index (χ0v) is 8.10. The summed E-state index contributed by atoms with van der Waals surface area (Å²) in [5.41, 5.74) is -1.42. The molecule has 0 amide bonds. The van der Waals surface area contributed by atoms with Gasteiger partial charge in [-0.05, 0) is 19.1 Å². The minimum absolute atomic E-state index is 0.0521. The van der Waals surface area contributed by atoms with Crippen LogP contribution in [0.1, 0.15) is 16.2 Å². The maximum Gasteiger partial charge on any atom is 0.166 e. The zero-order chi connectivity index (χ0) is 9.90. The van der Waals surface area contributed by atoms with Gasteiger partial charge in [0.2, 0.25) is 0 Å². The Labute approximate surface area is 81.2 Å². The number of thiophene rings is 1. The highest BCUT2D eigenvalue weighted by atomic mass is 32.1. The van der Waals surface area contributed by atoms with Gasteiger partial charge in [0.25, 0.3) is 0 Å². The first kappa shape index (κ1) is 9.97. The van der Waals surface area contributed by atoms with E-state index in [4.69, 9.17) is 6.42 Å². The minimum atomic E-state index is -1.42. The molecule has 1 N–H and O–H groups in total. The fourth-order valence-corrected chi connectivity index (χ4v) is 1.94. The van der Waals surface area contributed by atoms with Gasteiger partial charge >= 0.3 is 0 Å². The Bertz CT molecular complexity index is 348. The number of aryl methyl sites for hydroxylation is 1. The molecule has 0 aliphatic rings. The Kier molecular flexibility index (Phi) is 2.86. The van der Waals surface area contributed by atoms with Crippen LogP contribution in [0.3, 0.4) is 0 Å². The van der Waals surface area contributed by atoms with Crippen molar-refractivity contribution in [3.63, 3.8) is 0 Å². The van der Waals surface area contributed by atoms with Gasteiger partial charge < -0.3 is 9.90 Å². The number of terminal acetylenes is 1. The molecule has 0 aromatic carbocycles. The fraction of sp³-hybridized carbons (Fsp3) is 0.300. The second kappa shape index (κ2) is 3.73. The Balaban J connectivity index is 3.03. The van der Waals surface area contributed by atoms with Crippen molar-refractivity contribution in [1.82, 2.24) is 0 Å². The van der Waals surface area contributed by atoms with Crippen LogP contribution in [0.15, 0.2) is 12.1 Å². The van der Waals surface area contributed by atoms with Gasteiger partial charge in [0.05, 0.1) is 0 Å². The van der Waals surface area contributed by atoms with E-state index in [9.17, 15) is 9.90 Å². The highest BCUT2D eigenvalue weighted by Gasteiger charge is 2.27. The van der Waals surface area contributed by atoms with Crippen molar-refractivity contribution in [3.8, 4) is 12.3 Å². The van der Waals surface area contributed by atoms with E-state index in [0.717, 1.165) is 4.88 Å². The summed E-state index contributed by atoms with van der Waals surface area (Å²) in [5, 5.41) is 9.85. The molecule has 0 saturated heterocycles. The Hall–Kier alpha value is -1.11. The summed E-state index contributed by atoms with van der Waals surface area (Å²) in [5.74, 6) is 2.24. The van der Waals surface area contributed by atoms with Crippen LogP contribution in [-0.4, -0.2) is 11.4 Å². The molecule has 1 heterocycles. The van der Waals surface area contributed by atoms with E-state index < -0.39 is 5.60 Å². The average Bonchev–Trinajstić information content (AvgIpc) is 2.52. The Morgan fingerprint density at radius 3 is 2.85 bits per heavy atom. The van der Waals surface area contributed by atoms with E-state index in [0.29, 0.717) is 11.2 Å². The molecule has 1 rings (SSSR count). The highest BCUT2D eigenvalue weighted by Crippen LogP contribution is 2.29. The topological polar surface area (TPSA) is 37.3 Å². The number of hydrogen-bond acceptors (Lipinski definition) is 3. The van der Waals surface area contributed by atoms with Crippen molar-refractivity contribution >= 4 is 17.6 Å². The van der Waals surface area contributed by atoms with Crippen LogP contribution in [0.4, 0.5) is 0 Å². The summed E-state index contributed by atoms with van der Waals surface area (Å²) < 4.78 is 0. The number of carbonyl (C=O) groups is 1. The third-order valence-electron chi connectivity index (χ3n) is 1.77. The van der Waals surface area contributed by atoms with Crippen LogP contribution in [0.2, 0.25) is 0 Å². The first-order chi connectivity index (χ1) is 6.12. The van der Waals surface area contributed by atoms with Crippen LogP contribution < -0.4 is 0 Å². The quantitative estimate of drug-likeness (QED) is 0.584. The van der Waals surface area contributed by atoms with Crippen molar-refractivity contribution in [2.45, 2.75) is 18.9 Å². The maximum atomic E-state index is 10.3. The molecule has 1 aromatic heterocycles. The molecule has 0 radical (unpaired) electrons. The van der Waals surface area contributed by atoms with Crippen LogP contribution in [0.5, 0.6) is 0 Å². The molecule has 0 aliphatic carbocycles. The predicted molar refractivity (Wildman–Crippen MR) is 52.5 cm³/mol. The largest absolute Gasteiger partial charge is 0.372 e. The number of rotatable bonds is 3. The molecule has 1 unspecified atom stereocenters. The van der Waals surface area contributed by atoms with E-state index in [2.05, 4.69) is 5.92 Å². The van der Waals surface area contributed by atoms with Crippen molar-refractivity contribution < 1.29 is 9.90 Å². The lowest BCUT2D eigenvalue weighted by Gasteiger charge is -2.16. The number of hydrogen-bond donors (Lipinski definition) is 1. The first-order valence-corrected chi connectivity index (χ1v) is 4.65. The van der Waals surface area contributed by atoms with E-state index >= 15 is 0 Å². The predicted octanol–water partition coefficient (Wildman–Crippen LogP) is 1.47. The maximum absolute atomic E-state index is 10.3. The molecule has 13 heavy (non-hydrogen) atoms. The van der Waals surface area contributed by atoms with Crippen molar-refractivity contribution in [2.24, 2.45) is 0 Å². The molecular formula is C10H10O2S. The number of aliphatic hydroxyl groups is 1. The molecule has 1 atom stereocenters. The molecule has 3 heteroatoms. The molecule has 0 fully saturated rings. The lowest BCUT2D eigenvalue weighted by molar-refractivity contribution is -0.110. The average molecular weight is 194 g/mol. The van der Waals surface area contributed by atoms with E-state index in [1.54, 1.807) is 6.07 Å². The number of carbonyl (C=O) groups excluding carboxylic acids is 1. The second-order valence-electron chi connectivity index (χ2n) is 2.79. The Morgan fingerprint density at radius 1 is 1.77 bits per heavy atom. The Morgan fingerprint density at radius 2 is 2.46 bits per heavy atom. The summed E-state index contributed by atoms with van der Waals surface area (Å²) in [6.07, 6.45) is 5.76. The standard InChI is InChI=1S/C10H10O2S/c1-3-10(12,6-7-11)9-5-4-8(2)13-9/h1,4-5,7,12H,6H2,2H3. The van der Waals surface area contributed by atoms with Gasteiger partial charge in [-0.3, -0.25) is 0 Å². The van der Waals surface area contributed by atoms with Gasteiger partial charge in [0.15, 0.2) is 5.60 Å². The minimum Gasteiger partial charge on any atom is -0.372 e. The zero-order valence-electron chi connectivity index (χ0n) is 7.28. The SMILES string of the molecule is C#CC(O)(CC=O)c1ccc(C)s1. The first-order valence-electron chi connectivity index (χ1n) is 3.83. The normalized spacial score (nSPS) is 14.5. The van der Waals surface area contributed by atoms with Crippen molar-refractivity contribution in [2.75, 3.05) is 0 Å². The molecular weight excluding hydrogens is 184 g/mol. The van der Waals surface area contributed by atoms with Gasteiger partial charge in [-0.2, -0.15) is 0 Å². The van der Waals surface area contributed by atoms with Crippen LogP contribution in [0.25, 0.3) is 0 Å². The lowest BCUT2D eigenvalue weighted by Crippen LogP contribution is -2.22. The molecule has 0 spiro atoms. The summed E-state index contributed by atoms with van der Waals surface area (Å²) in [6.45, 7) is 1.92. The van der Waals surface area contributed by atoms with Gasteiger partial charge in [-0.15, -0.1) is 17.8 Å². The third-order valence-corrected chi connectivity index (χ3v) is 2.92. The summed E-state index contributed by atoms with van der Waals surface area (Å²) in [7, 11) is 0. The smallest absolute Gasteiger partial charge is 0.166 e. The van der Waals surface area contributed by atoms with E-state index in [1.165, 1.54) is 11.3 Å². The van der Waals surface area contributed by atoms with Gasteiger partial charge in [0, 0.05) is 16.2 Å². The van der Waals surface area contributed by atoms with Crippen molar-refractivity contribution in [1.29, 1.82) is 0 Å². The molecule has 68 valence electrons. The highest BCUT2D eigenvalue weighted by molar-refractivity contribution is 7.12. The van der Waals surface area contributed by atoms with Crippen LogP contribution in [0, 0.1) is 19.3 Å². The molecule has 0 saturated carbocycles. The van der Waals surface area contributed by atoms with Gasteiger partial charge in [-0.1, -0.05) is 5.92 Å². The van der Waals surface area contributed by atoms with Crippen molar-refractivity contribution in [3.05, 3.63) is 21.9 Å². The summed E-state index contributed by atoms with van der Waals surface area (Å²) >= 11 is 1.41. The third kappa shape index (κ3) is 1.97. The summed E-state index contributed by atoms with van der Waals surface area (Å²) in [6, 6.07) is 3.62. The van der Waals surface area contributed by atoms with Crippen LogP contribution in [-0.2, 0) is 10.4 Å². The monoisotopic (exact) mass is 194 g/mol. The molecule has 2 nitrogen and oxygen atoms in total. The van der Waals surface area contributed by atoms with Gasteiger partial charge in [0.1, 0.15) is 6.29 Å². The van der Waals surface area contributed by atoms with E-state index in [1.807, 2.05) is 13.0 Å². The summed E-state index contributed by atoms with van der Waals surface area (Å²) in [4.78, 5) is 12.0. The van der Waals surface area contributed by atoms with E-state index in [-0.39, 0.29) is 6.42 Å². The lowest BCUT2D eigenvalue weighted by atomic mass is 10.00.